The minimum absolute atomic E-state index is 0.0655. The Bertz CT molecular complexity index is 1050. The monoisotopic (exact) mass is 486 g/mol. The van der Waals surface area contributed by atoms with E-state index >= 15 is 0 Å². The number of hydrogen-bond acceptors (Lipinski definition) is 8. The average molecular weight is 486 g/mol. The number of Topliss-reactive ketones (excluding diaryl/α,β-unsaturated/α-hetero) is 1. The van der Waals surface area contributed by atoms with Crippen LogP contribution in [-0.2, 0) is 23.8 Å². The van der Waals surface area contributed by atoms with Gasteiger partial charge in [0.25, 0.3) is 0 Å². The standard InChI is InChI=1S/C25H30BFNO7/c1-6-28(26-13-29)17-11-16-8-7-9-20-23(35-25(4,5)34-20)22(31)18(27)10-14(2)15(3)33-24(32)21(16)19(30)12-17/h7-8,10-15,20,23,30H,6,9H2,1-5H3/t14-,15+,20+,23+/m1/s1. The molecule has 3 rings (SSSR count). The second kappa shape index (κ2) is 10.7. The maximum Gasteiger partial charge on any atom is 0.342 e. The lowest BCUT2D eigenvalue weighted by Gasteiger charge is -2.23. The van der Waals surface area contributed by atoms with Gasteiger partial charge >= 0.3 is 13.4 Å². The first-order valence-electron chi connectivity index (χ1n) is 11.5. The van der Waals surface area contributed by atoms with Gasteiger partial charge in [-0.2, -0.15) is 0 Å². The summed E-state index contributed by atoms with van der Waals surface area (Å²) in [5.41, 5.74) is 0.780. The van der Waals surface area contributed by atoms with Gasteiger partial charge in [0.2, 0.25) is 5.78 Å². The molecule has 2 heterocycles. The Balaban J connectivity index is 2.10. The highest BCUT2D eigenvalue weighted by atomic mass is 19.1. The molecule has 2 aliphatic heterocycles. The molecule has 0 aliphatic carbocycles. The fourth-order valence-corrected chi connectivity index (χ4v) is 4.08. The number of esters is 1. The Kier molecular flexibility index (Phi) is 8.17. The highest BCUT2D eigenvalue weighted by Crippen LogP contribution is 2.35. The molecule has 1 aromatic rings. The summed E-state index contributed by atoms with van der Waals surface area (Å²) >= 11 is 0. The van der Waals surface area contributed by atoms with Gasteiger partial charge < -0.3 is 28.9 Å². The zero-order valence-corrected chi connectivity index (χ0v) is 20.5. The largest absolute Gasteiger partial charge is 0.507 e. The van der Waals surface area contributed by atoms with Crippen molar-refractivity contribution in [1.82, 2.24) is 0 Å². The summed E-state index contributed by atoms with van der Waals surface area (Å²) < 4.78 is 31.9. The van der Waals surface area contributed by atoms with E-state index in [1.54, 1.807) is 50.7 Å². The van der Waals surface area contributed by atoms with Crippen molar-refractivity contribution >= 4 is 37.1 Å². The van der Waals surface area contributed by atoms with Crippen molar-refractivity contribution in [2.45, 2.75) is 65.1 Å². The molecule has 187 valence electrons. The number of ketones is 1. The van der Waals surface area contributed by atoms with Crippen LogP contribution in [0.4, 0.5) is 10.1 Å². The van der Waals surface area contributed by atoms with E-state index in [0.717, 1.165) is 6.08 Å². The molecule has 0 saturated carbocycles. The van der Waals surface area contributed by atoms with Crippen LogP contribution in [0.2, 0.25) is 0 Å². The number of carbonyl (C=O) groups excluding carboxylic acids is 3. The molecule has 0 spiro atoms. The topological polar surface area (TPSA) is 102 Å². The molecule has 1 saturated heterocycles. The highest BCUT2D eigenvalue weighted by molar-refractivity contribution is 6.70. The molecule has 1 aromatic carbocycles. The van der Waals surface area contributed by atoms with Gasteiger partial charge in [-0.05, 0) is 51.8 Å². The number of phenols is 1. The molecule has 0 bridgehead atoms. The van der Waals surface area contributed by atoms with Gasteiger partial charge in [-0.1, -0.05) is 19.1 Å². The summed E-state index contributed by atoms with van der Waals surface area (Å²) in [5.74, 6) is -4.67. The Morgan fingerprint density at radius 1 is 1.26 bits per heavy atom. The van der Waals surface area contributed by atoms with E-state index in [2.05, 4.69) is 0 Å². The number of benzene rings is 1. The Labute approximate surface area is 205 Å². The summed E-state index contributed by atoms with van der Waals surface area (Å²) in [4.78, 5) is 38.5. The molecule has 10 heteroatoms. The molecular weight excluding hydrogens is 456 g/mol. The predicted octanol–water partition coefficient (Wildman–Crippen LogP) is 3.57. The molecule has 1 fully saturated rings. The van der Waals surface area contributed by atoms with Crippen LogP contribution in [0, 0.1) is 5.92 Å². The van der Waals surface area contributed by atoms with Crippen LogP contribution in [0.3, 0.4) is 0 Å². The molecule has 8 nitrogen and oxygen atoms in total. The lowest BCUT2D eigenvalue weighted by Crippen LogP contribution is -2.32. The van der Waals surface area contributed by atoms with E-state index in [1.807, 2.05) is 6.92 Å². The first-order chi connectivity index (χ1) is 16.5. The fourth-order valence-electron chi connectivity index (χ4n) is 4.08. The van der Waals surface area contributed by atoms with E-state index in [0.29, 0.717) is 24.0 Å². The second-order valence-electron chi connectivity index (χ2n) is 9.08. The van der Waals surface area contributed by atoms with Crippen LogP contribution >= 0.6 is 0 Å². The van der Waals surface area contributed by atoms with Crippen LogP contribution in [0.1, 0.15) is 57.0 Å². The van der Waals surface area contributed by atoms with E-state index in [9.17, 15) is 23.9 Å². The van der Waals surface area contributed by atoms with E-state index in [4.69, 9.17) is 14.2 Å². The maximum atomic E-state index is 14.8. The van der Waals surface area contributed by atoms with Gasteiger partial charge in [-0.3, -0.25) is 4.79 Å². The van der Waals surface area contributed by atoms with Gasteiger partial charge in [0.1, 0.15) is 23.6 Å². The third-order valence-corrected chi connectivity index (χ3v) is 6.04. The van der Waals surface area contributed by atoms with Gasteiger partial charge in [-0.25, -0.2) is 9.18 Å². The van der Waals surface area contributed by atoms with Gasteiger partial charge in [0.05, 0.1) is 6.10 Å². The Morgan fingerprint density at radius 3 is 2.63 bits per heavy atom. The number of fused-ring (bicyclic) bond motifs is 2. The van der Waals surface area contributed by atoms with Crippen molar-refractivity contribution in [2.24, 2.45) is 5.92 Å². The zero-order valence-electron chi connectivity index (χ0n) is 20.5. The molecule has 4 atom stereocenters. The maximum absolute atomic E-state index is 14.8. The van der Waals surface area contributed by atoms with Crippen molar-refractivity contribution in [3.63, 3.8) is 0 Å². The molecule has 2 aliphatic rings. The number of ether oxygens (including phenoxy) is 3. The Morgan fingerprint density at radius 2 is 1.97 bits per heavy atom. The smallest absolute Gasteiger partial charge is 0.342 e. The number of anilines is 1. The van der Waals surface area contributed by atoms with Crippen molar-refractivity contribution < 1.29 is 38.1 Å². The molecular formula is C25H30BFNO7. The summed E-state index contributed by atoms with van der Waals surface area (Å²) in [6.07, 6.45) is 2.46. The normalized spacial score (nSPS) is 26.6. The number of cyclic esters (lactones) is 1. The summed E-state index contributed by atoms with van der Waals surface area (Å²) in [6, 6.07) is 3.02. The molecule has 1 N–H and O–H groups in total. The Hall–Kier alpha value is -2.98. The van der Waals surface area contributed by atoms with Crippen LogP contribution in [0.15, 0.2) is 30.1 Å². The number of phenolic OH excluding ortho intramolecular Hbond substituents is 1. The van der Waals surface area contributed by atoms with Gasteiger partial charge in [0, 0.05) is 24.2 Å². The molecule has 0 aromatic heterocycles. The number of halogens is 1. The minimum atomic E-state index is -1.14. The first kappa shape index (κ1) is 26.6. The van der Waals surface area contributed by atoms with Crippen molar-refractivity contribution in [2.75, 3.05) is 11.4 Å². The van der Waals surface area contributed by atoms with E-state index in [1.165, 1.54) is 13.5 Å². The number of rotatable bonds is 4. The predicted molar refractivity (Wildman–Crippen MR) is 129 cm³/mol. The summed E-state index contributed by atoms with van der Waals surface area (Å²) in [5, 5.41) is 10.7. The summed E-state index contributed by atoms with van der Waals surface area (Å²) in [7, 11) is 1.32. The summed E-state index contributed by atoms with van der Waals surface area (Å²) in [6.45, 7) is 8.76. The number of aromatic hydroxyl groups is 1. The van der Waals surface area contributed by atoms with E-state index in [-0.39, 0.29) is 17.7 Å². The van der Waals surface area contributed by atoms with Crippen molar-refractivity contribution in [3.8, 4) is 5.75 Å². The van der Waals surface area contributed by atoms with E-state index < -0.39 is 47.6 Å². The molecule has 0 amide bonds. The lowest BCUT2D eigenvalue weighted by molar-refractivity contribution is -0.153. The van der Waals surface area contributed by atoms with Crippen molar-refractivity contribution in [1.29, 1.82) is 0 Å². The molecule has 1 radical (unpaired) electrons. The number of hydrogen-bond donors (Lipinski definition) is 1. The fraction of sp³-hybridized carbons (Fsp3) is 0.480. The van der Waals surface area contributed by atoms with Crippen LogP contribution in [-0.4, -0.2) is 61.1 Å². The quantitative estimate of drug-likeness (QED) is 0.392. The third kappa shape index (κ3) is 6.00. The molecule has 35 heavy (non-hydrogen) atoms. The van der Waals surface area contributed by atoms with Gasteiger partial charge in [-0.15, -0.1) is 0 Å². The first-order valence-corrected chi connectivity index (χ1v) is 11.5. The molecule has 0 unspecified atom stereocenters. The average Bonchev–Trinajstić information content (AvgIpc) is 3.09. The number of nitrogens with zero attached hydrogens (tertiary/aromatic N) is 1. The highest BCUT2D eigenvalue weighted by Gasteiger charge is 2.45. The lowest BCUT2D eigenvalue weighted by atomic mass is 9.92. The number of carbonyl (C=O) groups is 3. The SMILES string of the molecule is CCN([B]C=O)c1cc(O)c2c(c1)C=CC[C@@H]1OC(C)(C)O[C@@H]1C(=O)C(F)=C[C@@H](C)[C@H](C)OC2=O. The minimum Gasteiger partial charge on any atom is -0.507 e. The third-order valence-electron chi connectivity index (χ3n) is 6.04. The van der Waals surface area contributed by atoms with Crippen molar-refractivity contribution in [3.05, 3.63) is 41.2 Å². The van der Waals surface area contributed by atoms with Gasteiger partial charge in [0.15, 0.2) is 17.7 Å². The second-order valence-corrected chi connectivity index (χ2v) is 9.08. The van der Waals surface area contributed by atoms with Crippen LogP contribution in [0.5, 0.6) is 5.75 Å². The van der Waals surface area contributed by atoms with Crippen LogP contribution < -0.4 is 4.81 Å². The zero-order chi connectivity index (χ0) is 25.9. The van der Waals surface area contributed by atoms with Crippen LogP contribution in [0.25, 0.3) is 6.08 Å².